The molecule has 1 heterocycles. The third-order valence-corrected chi connectivity index (χ3v) is 2.39. The van der Waals surface area contributed by atoms with E-state index in [9.17, 15) is 0 Å². The van der Waals surface area contributed by atoms with Gasteiger partial charge in [0.25, 0.3) is 0 Å². The molecule has 0 fully saturated rings. The molecule has 0 amide bonds. The van der Waals surface area contributed by atoms with Crippen molar-refractivity contribution in [2.24, 2.45) is 0 Å². The van der Waals surface area contributed by atoms with Gasteiger partial charge in [0.1, 0.15) is 5.52 Å². The van der Waals surface area contributed by atoms with Crippen molar-refractivity contribution in [1.82, 2.24) is 4.98 Å². The van der Waals surface area contributed by atoms with Crippen LogP contribution in [0, 0.1) is 0 Å². The summed E-state index contributed by atoms with van der Waals surface area (Å²) in [5, 5.41) is 3.30. The summed E-state index contributed by atoms with van der Waals surface area (Å²) in [5.74, 6) is 0. The largest absolute Gasteiger partial charge is 0.443 e. The lowest BCUT2D eigenvalue weighted by Gasteiger charge is -2.05. The lowest BCUT2D eigenvalue weighted by atomic mass is 10.2. The first-order valence-electron chi connectivity index (χ1n) is 5.07. The van der Waals surface area contributed by atoms with Crippen LogP contribution in [-0.4, -0.2) is 4.98 Å². The topological polar surface area (TPSA) is 38.1 Å². The molecule has 16 heavy (non-hydrogen) atoms. The first kappa shape index (κ1) is 8.97. The third-order valence-electron chi connectivity index (χ3n) is 2.39. The Bertz CT molecular complexity index is 601. The first-order chi connectivity index (χ1) is 7.92. The highest BCUT2D eigenvalue weighted by Gasteiger charge is 1.99. The maximum atomic E-state index is 5.25. The summed E-state index contributed by atoms with van der Waals surface area (Å²) in [4.78, 5) is 4.07. The molecule has 3 rings (SSSR count). The Balaban J connectivity index is 1.94. The minimum atomic E-state index is 0.793. The Morgan fingerprint density at radius 2 is 1.81 bits per heavy atom. The first-order valence-corrected chi connectivity index (χ1v) is 5.07. The Hall–Kier alpha value is -2.29. The predicted octanol–water partition coefficient (Wildman–Crippen LogP) is 3.57. The summed E-state index contributed by atoms with van der Waals surface area (Å²) in [5.41, 5.74) is 3.72. The van der Waals surface area contributed by atoms with Crippen molar-refractivity contribution in [2.45, 2.75) is 0 Å². The Kier molecular flexibility index (Phi) is 2.07. The molecule has 0 aliphatic rings. The van der Waals surface area contributed by atoms with E-state index in [1.54, 1.807) is 0 Å². The van der Waals surface area contributed by atoms with E-state index in [0.29, 0.717) is 0 Å². The molecule has 0 atom stereocenters. The zero-order valence-electron chi connectivity index (χ0n) is 8.55. The highest BCUT2D eigenvalue weighted by molar-refractivity contribution is 5.78. The second-order valence-electron chi connectivity index (χ2n) is 3.53. The number of oxazole rings is 1. The average molecular weight is 210 g/mol. The molecule has 0 aliphatic carbocycles. The van der Waals surface area contributed by atoms with E-state index < -0.39 is 0 Å². The molecular formula is C13H10N2O. The van der Waals surface area contributed by atoms with Crippen LogP contribution in [0.15, 0.2) is 59.3 Å². The van der Waals surface area contributed by atoms with Crippen molar-refractivity contribution in [3.05, 3.63) is 54.9 Å². The molecule has 0 radical (unpaired) electrons. The summed E-state index contributed by atoms with van der Waals surface area (Å²) in [6, 6.07) is 15.9. The molecule has 78 valence electrons. The maximum absolute atomic E-state index is 5.25. The third kappa shape index (κ3) is 1.63. The van der Waals surface area contributed by atoms with Crippen LogP contribution in [-0.2, 0) is 0 Å². The van der Waals surface area contributed by atoms with E-state index >= 15 is 0 Å². The van der Waals surface area contributed by atoms with Crippen LogP contribution in [0.1, 0.15) is 0 Å². The molecule has 3 aromatic rings. The number of nitrogens with one attached hydrogen (secondary N) is 1. The fourth-order valence-corrected chi connectivity index (χ4v) is 1.62. The van der Waals surface area contributed by atoms with Gasteiger partial charge in [-0.2, -0.15) is 0 Å². The number of para-hydroxylation sites is 1. The SMILES string of the molecule is c1ccc(Nc2ccc3ncoc3c2)cc1. The number of fused-ring (bicyclic) bond motifs is 1. The molecule has 0 spiro atoms. The molecular weight excluding hydrogens is 200 g/mol. The van der Waals surface area contributed by atoms with Gasteiger partial charge in [-0.1, -0.05) is 18.2 Å². The van der Waals surface area contributed by atoms with Crippen LogP contribution in [0.2, 0.25) is 0 Å². The minimum Gasteiger partial charge on any atom is -0.443 e. The van der Waals surface area contributed by atoms with Crippen molar-refractivity contribution in [2.75, 3.05) is 5.32 Å². The second-order valence-corrected chi connectivity index (χ2v) is 3.53. The fraction of sp³-hybridized carbons (Fsp3) is 0. The Morgan fingerprint density at radius 3 is 2.69 bits per heavy atom. The molecule has 0 aliphatic heterocycles. The predicted molar refractivity (Wildman–Crippen MR) is 63.7 cm³/mol. The summed E-state index contributed by atoms with van der Waals surface area (Å²) in [6.07, 6.45) is 1.46. The number of hydrogen-bond acceptors (Lipinski definition) is 3. The number of nitrogens with zero attached hydrogens (tertiary/aromatic N) is 1. The van der Waals surface area contributed by atoms with Gasteiger partial charge in [0.15, 0.2) is 12.0 Å². The van der Waals surface area contributed by atoms with Crippen molar-refractivity contribution in [1.29, 1.82) is 0 Å². The Morgan fingerprint density at radius 1 is 0.938 bits per heavy atom. The van der Waals surface area contributed by atoms with Gasteiger partial charge < -0.3 is 9.73 Å². The smallest absolute Gasteiger partial charge is 0.181 e. The Labute approximate surface area is 92.7 Å². The van der Waals surface area contributed by atoms with E-state index in [1.165, 1.54) is 6.39 Å². The van der Waals surface area contributed by atoms with E-state index in [4.69, 9.17) is 4.42 Å². The van der Waals surface area contributed by atoms with Crippen LogP contribution in [0.5, 0.6) is 0 Å². The van der Waals surface area contributed by atoms with Crippen molar-refractivity contribution in [3.63, 3.8) is 0 Å². The van der Waals surface area contributed by atoms with Crippen LogP contribution in [0.3, 0.4) is 0 Å². The summed E-state index contributed by atoms with van der Waals surface area (Å²) in [7, 11) is 0. The summed E-state index contributed by atoms with van der Waals surface area (Å²) < 4.78 is 5.25. The van der Waals surface area contributed by atoms with E-state index in [2.05, 4.69) is 10.3 Å². The molecule has 0 saturated heterocycles. The number of rotatable bonds is 2. The van der Waals surface area contributed by atoms with E-state index in [1.807, 2.05) is 48.5 Å². The van der Waals surface area contributed by atoms with Gasteiger partial charge in [-0.15, -0.1) is 0 Å². The standard InChI is InChI=1S/C13H10N2O/c1-2-4-10(5-3-1)15-11-6-7-12-13(8-11)16-9-14-12/h1-9,15H. The second kappa shape index (κ2) is 3.70. The minimum absolute atomic E-state index is 0.793. The van der Waals surface area contributed by atoms with Crippen molar-refractivity contribution < 1.29 is 4.42 Å². The van der Waals surface area contributed by atoms with Gasteiger partial charge in [0, 0.05) is 17.4 Å². The molecule has 0 unspecified atom stereocenters. The van der Waals surface area contributed by atoms with Crippen molar-refractivity contribution in [3.8, 4) is 0 Å². The summed E-state index contributed by atoms with van der Waals surface area (Å²) >= 11 is 0. The molecule has 1 aromatic heterocycles. The highest BCUT2D eigenvalue weighted by atomic mass is 16.3. The van der Waals surface area contributed by atoms with Gasteiger partial charge in [-0.3, -0.25) is 0 Å². The van der Waals surface area contributed by atoms with E-state index in [0.717, 1.165) is 22.5 Å². The summed E-state index contributed by atoms with van der Waals surface area (Å²) in [6.45, 7) is 0. The fourth-order valence-electron chi connectivity index (χ4n) is 1.62. The monoisotopic (exact) mass is 210 g/mol. The molecule has 1 N–H and O–H groups in total. The van der Waals surface area contributed by atoms with Gasteiger partial charge >= 0.3 is 0 Å². The van der Waals surface area contributed by atoms with Crippen LogP contribution < -0.4 is 5.32 Å². The van der Waals surface area contributed by atoms with Crippen LogP contribution >= 0.6 is 0 Å². The number of anilines is 2. The quantitative estimate of drug-likeness (QED) is 0.702. The number of benzene rings is 2. The lowest BCUT2D eigenvalue weighted by Crippen LogP contribution is -1.88. The zero-order valence-corrected chi connectivity index (χ0v) is 8.55. The average Bonchev–Trinajstić information content (AvgIpc) is 2.77. The highest BCUT2D eigenvalue weighted by Crippen LogP contribution is 2.21. The van der Waals surface area contributed by atoms with Crippen LogP contribution in [0.4, 0.5) is 11.4 Å². The van der Waals surface area contributed by atoms with E-state index in [-0.39, 0.29) is 0 Å². The van der Waals surface area contributed by atoms with Gasteiger partial charge in [-0.05, 0) is 24.3 Å². The molecule has 3 nitrogen and oxygen atoms in total. The number of aromatic nitrogens is 1. The molecule has 0 bridgehead atoms. The molecule has 3 heteroatoms. The maximum Gasteiger partial charge on any atom is 0.181 e. The zero-order chi connectivity index (χ0) is 10.8. The lowest BCUT2D eigenvalue weighted by molar-refractivity contribution is 0.602. The molecule has 2 aromatic carbocycles. The van der Waals surface area contributed by atoms with Gasteiger partial charge in [0.2, 0.25) is 0 Å². The van der Waals surface area contributed by atoms with Crippen molar-refractivity contribution >= 4 is 22.5 Å². The van der Waals surface area contributed by atoms with Gasteiger partial charge in [-0.25, -0.2) is 4.98 Å². The number of hydrogen-bond donors (Lipinski definition) is 1. The molecule has 0 saturated carbocycles. The van der Waals surface area contributed by atoms with Gasteiger partial charge in [0.05, 0.1) is 0 Å². The van der Waals surface area contributed by atoms with Crippen LogP contribution in [0.25, 0.3) is 11.1 Å². The normalized spacial score (nSPS) is 10.5.